The fourth-order valence-corrected chi connectivity index (χ4v) is 4.11. The predicted molar refractivity (Wildman–Crippen MR) is 108 cm³/mol. The zero-order valence-electron chi connectivity index (χ0n) is 15.4. The SMILES string of the molecule is CCNc1nnc(SCC(=O)Nc2c(C(C)C)cccc2C(C)C)s1. The summed E-state index contributed by atoms with van der Waals surface area (Å²) in [6.45, 7) is 11.4. The Kier molecular flexibility index (Phi) is 7.25. The minimum Gasteiger partial charge on any atom is -0.360 e. The second-order valence-corrected chi connectivity index (χ2v) is 8.56. The van der Waals surface area contributed by atoms with Gasteiger partial charge in [0.05, 0.1) is 5.75 Å². The number of anilines is 2. The fraction of sp³-hybridized carbons (Fsp3) is 0.500. The van der Waals surface area contributed by atoms with Gasteiger partial charge in [-0.1, -0.05) is 69.0 Å². The Bertz CT molecular complexity index is 687. The molecule has 0 radical (unpaired) electrons. The van der Waals surface area contributed by atoms with Crippen molar-refractivity contribution in [1.29, 1.82) is 0 Å². The number of benzene rings is 1. The summed E-state index contributed by atoms with van der Waals surface area (Å²) in [5, 5.41) is 15.2. The van der Waals surface area contributed by atoms with Crippen molar-refractivity contribution in [2.75, 3.05) is 22.9 Å². The van der Waals surface area contributed by atoms with Crippen LogP contribution < -0.4 is 10.6 Å². The number of amides is 1. The third-order valence-corrected chi connectivity index (χ3v) is 5.71. The van der Waals surface area contributed by atoms with Crippen molar-refractivity contribution in [2.45, 2.75) is 50.8 Å². The van der Waals surface area contributed by atoms with Gasteiger partial charge in [0, 0.05) is 12.2 Å². The molecular weight excluding hydrogens is 352 g/mol. The van der Waals surface area contributed by atoms with Gasteiger partial charge in [0.1, 0.15) is 0 Å². The van der Waals surface area contributed by atoms with Gasteiger partial charge in [-0.3, -0.25) is 4.79 Å². The second kappa shape index (κ2) is 9.20. The van der Waals surface area contributed by atoms with Crippen LogP contribution in [-0.2, 0) is 4.79 Å². The van der Waals surface area contributed by atoms with E-state index in [0.29, 0.717) is 17.6 Å². The van der Waals surface area contributed by atoms with Crippen LogP contribution in [0.4, 0.5) is 10.8 Å². The van der Waals surface area contributed by atoms with Crippen molar-refractivity contribution < 1.29 is 4.79 Å². The normalized spacial score (nSPS) is 11.2. The van der Waals surface area contributed by atoms with Crippen LogP contribution in [0, 0.1) is 0 Å². The van der Waals surface area contributed by atoms with Gasteiger partial charge in [-0.25, -0.2) is 0 Å². The molecule has 5 nitrogen and oxygen atoms in total. The first-order valence-electron chi connectivity index (χ1n) is 8.55. The van der Waals surface area contributed by atoms with E-state index in [9.17, 15) is 4.79 Å². The molecule has 1 amide bonds. The van der Waals surface area contributed by atoms with Crippen LogP contribution >= 0.6 is 23.1 Å². The minimum atomic E-state index is -0.0137. The Labute approximate surface area is 158 Å². The van der Waals surface area contributed by atoms with E-state index in [2.05, 4.69) is 66.7 Å². The minimum absolute atomic E-state index is 0.0137. The van der Waals surface area contributed by atoms with Crippen molar-refractivity contribution in [1.82, 2.24) is 10.2 Å². The van der Waals surface area contributed by atoms with Crippen molar-refractivity contribution in [2.24, 2.45) is 0 Å². The molecule has 0 fully saturated rings. The molecule has 0 aliphatic rings. The molecule has 7 heteroatoms. The fourth-order valence-electron chi connectivity index (χ4n) is 2.49. The average Bonchev–Trinajstić information content (AvgIpc) is 3.00. The third-order valence-electron chi connectivity index (χ3n) is 3.70. The lowest BCUT2D eigenvalue weighted by atomic mass is 9.92. The smallest absolute Gasteiger partial charge is 0.234 e. The quantitative estimate of drug-likeness (QED) is 0.636. The van der Waals surface area contributed by atoms with Crippen LogP contribution in [0.25, 0.3) is 0 Å². The number of aromatic nitrogens is 2. The molecule has 0 spiro atoms. The van der Waals surface area contributed by atoms with E-state index in [0.717, 1.165) is 21.7 Å². The first-order chi connectivity index (χ1) is 11.9. The highest BCUT2D eigenvalue weighted by Crippen LogP contribution is 2.33. The summed E-state index contributed by atoms with van der Waals surface area (Å²) in [5.41, 5.74) is 3.31. The standard InChI is InChI=1S/C18H26N4OS2/c1-6-19-17-21-22-18(25-17)24-10-15(23)20-16-13(11(2)3)8-7-9-14(16)12(4)5/h7-9,11-12H,6,10H2,1-5H3,(H,19,21)(H,20,23). The largest absolute Gasteiger partial charge is 0.360 e. The molecule has 1 aromatic carbocycles. The lowest BCUT2D eigenvalue weighted by Crippen LogP contribution is -2.17. The Morgan fingerprint density at radius 3 is 2.36 bits per heavy atom. The van der Waals surface area contributed by atoms with Crippen LogP contribution in [0.2, 0.25) is 0 Å². The highest BCUT2D eigenvalue weighted by Gasteiger charge is 2.16. The van der Waals surface area contributed by atoms with Crippen LogP contribution in [-0.4, -0.2) is 28.4 Å². The van der Waals surface area contributed by atoms with Gasteiger partial charge in [0.2, 0.25) is 11.0 Å². The molecule has 1 aromatic heterocycles. The molecule has 25 heavy (non-hydrogen) atoms. The summed E-state index contributed by atoms with van der Waals surface area (Å²) < 4.78 is 0.798. The van der Waals surface area contributed by atoms with E-state index in [4.69, 9.17) is 0 Å². The highest BCUT2D eigenvalue weighted by atomic mass is 32.2. The number of carbonyl (C=O) groups excluding carboxylic acids is 1. The maximum Gasteiger partial charge on any atom is 0.234 e. The maximum absolute atomic E-state index is 12.5. The topological polar surface area (TPSA) is 66.9 Å². The second-order valence-electron chi connectivity index (χ2n) is 6.36. The number of hydrogen-bond donors (Lipinski definition) is 2. The molecular formula is C18H26N4OS2. The molecule has 2 rings (SSSR count). The van der Waals surface area contributed by atoms with Crippen molar-refractivity contribution in [3.05, 3.63) is 29.3 Å². The Balaban J connectivity index is 2.06. The Hall–Kier alpha value is -1.60. The zero-order chi connectivity index (χ0) is 18.4. The number of hydrogen-bond acceptors (Lipinski definition) is 6. The van der Waals surface area contributed by atoms with Gasteiger partial charge in [0.15, 0.2) is 4.34 Å². The molecule has 2 N–H and O–H groups in total. The first kappa shape index (κ1) is 19.7. The van der Waals surface area contributed by atoms with Crippen molar-refractivity contribution in [3.8, 4) is 0 Å². The summed E-state index contributed by atoms with van der Waals surface area (Å²) >= 11 is 2.89. The summed E-state index contributed by atoms with van der Waals surface area (Å²) in [6, 6.07) is 6.25. The summed E-state index contributed by atoms with van der Waals surface area (Å²) in [5.74, 6) is 1.02. The van der Waals surface area contributed by atoms with Gasteiger partial charge < -0.3 is 10.6 Å². The number of nitrogens with one attached hydrogen (secondary N) is 2. The number of rotatable bonds is 8. The molecule has 0 unspecified atom stereocenters. The Morgan fingerprint density at radius 2 is 1.80 bits per heavy atom. The van der Waals surface area contributed by atoms with Gasteiger partial charge >= 0.3 is 0 Å². The molecule has 0 saturated carbocycles. The summed E-state index contributed by atoms with van der Waals surface area (Å²) in [6.07, 6.45) is 0. The lowest BCUT2D eigenvalue weighted by Gasteiger charge is -2.20. The van der Waals surface area contributed by atoms with E-state index in [1.807, 2.05) is 6.92 Å². The molecule has 136 valence electrons. The first-order valence-corrected chi connectivity index (χ1v) is 10.3. The maximum atomic E-state index is 12.5. The van der Waals surface area contributed by atoms with Crippen molar-refractivity contribution >= 4 is 39.8 Å². The van der Waals surface area contributed by atoms with Crippen LogP contribution in [0.3, 0.4) is 0 Å². The summed E-state index contributed by atoms with van der Waals surface area (Å²) in [7, 11) is 0. The molecule has 2 aromatic rings. The molecule has 1 heterocycles. The van der Waals surface area contributed by atoms with E-state index in [1.165, 1.54) is 34.2 Å². The van der Waals surface area contributed by atoms with E-state index in [-0.39, 0.29) is 5.91 Å². The predicted octanol–water partition coefficient (Wildman–Crippen LogP) is 4.95. The number of carbonyl (C=O) groups is 1. The highest BCUT2D eigenvalue weighted by molar-refractivity contribution is 8.01. The monoisotopic (exact) mass is 378 g/mol. The molecule has 0 aliphatic carbocycles. The van der Waals surface area contributed by atoms with Crippen LogP contribution in [0.1, 0.15) is 57.6 Å². The molecule has 0 aliphatic heterocycles. The molecule has 0 atom stereocenters. The number of nitrogens with zero attached hydrogens (tertiary/aromatic N) is 2. The lowest BCUT2D eigenvalue weighted by molar-refractivity contribution is -0.113. The van der Waals surface area contributed by atoms with Gasteiger partial charge in [0.25, 0.3) is 0 Å². The third kappa shape index (κ3) is 5.44. The van der Waals surface area contributed by atoms with E-state index >= 15 is 0 Å². The zero-order valence-corrected chi connectivity index (χ0v) is 17.1. The van der Waals surface area contributed by atoms with Gasteiger partial charge in [-0.2, -0.15) is 0 Å². The molecule has 0 saturated heterocycles. The van der Waals surface area contributed by atoms with Crippen LogP contribution in [0.15, 0.2) is 22.5 Å². The van der Waals surface area contributed by atoms with Crippen molar-refractivity contribution in [3.63, 3.8) is 0 Å². The van der Waals surface area contributed by atoms with Gasteiger partial charge in [-0.05, 0) is 29.9 Å². The van der Waals surface area contributed by atoms with E-state index in [1.54, 1.807) is 0 Å². The average molecular weight is 379 g/mol. The molecule has 0 bridgehead atoms. The van der Waals surface area contributed by atoms with Crippen LogP contribution in [0.5, 0.6) is 0 Å². The number of thioether (sulfide) groups is 1. The van der Waals surface area contributed by atoms with Gasteiger partial charge in [-0.15, -0.1) is 10.2 Å². The summed E-state index contributed by atoms with van der Waals surface area (Å²) in [4.78, 5) is 12.5. The number of para-hydroxylation sites is 1. The Morgan fingerprint density at radius 1 is 1.16 bits per heavy atom. The van der Waals surface area contributed by atoms with E-state index < -0.39 is 0 Å².